The predicted octanol–water partition coefficient (Wildman–Crippen LogP) is 2.35. The van der Waals surface area contributed by atoms with Crippen molar-refractivity contribution in [3.05, 3.63) is 47.5 Å². The van der Waals surface area contributed by atoms with Crippen molar-refractivity contribution in [3.63, 3.8) is 0 Å². The molecule has 1 atom stereocenters. The molecular formula is C22H26N2O5. The van der Waals surface area contributed by atoms with Crippen LogP contribution in [0.2, 0.25) is 0 Å². The Morgan fingerprint density at radius 3 is 2.31 bits per heavy atom. The number of ether oxygens (including phenoxy) is 3. The monoisotopic (exact) mass is 398 g/mol. The first-order valence-electron chi connectivity index (χ1n) is 9.44. The van der Waals surface area contributed by atoms with Crippen LogP contribution in [0.4, 0.5) is 5.69 Å². The van der Waals surface area contributed by atoms with Gasteiger partial charge in [-0.05, 0) is 35.7 Å². The van der Waals surface area contributed by atoms with Crippen molar-refractivity contribution in [2.24, 2.45) is 0 Å². The standard InChI is InChI=1S/C22H26N2O5/c1-14(25)24-17-8-6-5-7-16(17)13-18(24)22(26)23-10-9-15-11-19(27-2)21(29-4)20(12-15)28-3/h5-8,11-12,18H,9-10,13H2,1-4H3,(H,23,26)/t18-/m1/s1. The smallest absolute Gasteiger partial charge is 0.243 e. The summed E-state index contributed by atoms with van der Waals surface area (Å²) in [5, 5.41) is 2.95. The second-order valence-electron chi connectivity index (χ2n) is 6.81. The number of carbonyl (C=O) groups is 2. The molecule has 2 aromatic carbocycles. The minimum atomic E-state index is -0.523. The van der Waals surface area contributed by atoms with Gasteiger partial charge < -0.3 is 19.5 Å². The number of para-hydroxylation sites is 1. The van der Waals surface area contributed by atoms with Gasteiger partial charge in [-0.2, -0.15) is 0 Å². The molecule has 1 aliphatic rings. The van der Waals surface area contributed by atoms with E-state index in [1.807, 2.05) is 36.4 Å². The van der Waals surface area contributed by atoms with Crippen LogP contribution in [0.5, 0.6) is 17.2 Å². The van der Waals surface area contributed by atoms with E-state index in [1.54, 1.807) is 26.2 Å². The summed E-state index contributed by atoms with van der Waals surface area (Å²) in [5.74, 6) is 1.37. The van der Waals surface area contributed by atoms with Gasteiger partial charge in [0, 0.05) is 25.6 Å². The summed E-state index contributed by atoms with van der Waals surface area (Å²) < 4.78 is 16.1. The molecule has 0 bridgehead atoms. The minimum Gasteiger partial charge on any atom is -0.493 e. The van der Waals surface area contributed by atoms with Gasteiger partial charge in [0.05, 0.1) is 21.3 Å². The van der Waals surface area contributed by atoms with Crippen LogP contribution in [0.1, 0.15) is 18.1 Å². The summed E-state index contributed by atoms with van der Waals surface area (Å²) in [6.45, 7) is 1.91. The summed E-state index contributed by atoms with van der Waals surface area (Å²) in [4.78, 5) is 26.5. The number of rotatable bonds is 7. The number of hydrogen-bond acceptors (Lipinski definition) is 5. The maximum atomic E-state index is 12.8. The molecule has 29 heavy (non-hydrogen) atoms. The Kier molecular flexibility index (Phi) is 6.26. The molecule has 2 aromatic rings. The quantitative estimate of drug-likeness (QED) is 0.775. The number of amides is 2. The molecule has 0 aliphatic carbocycles. The lowest BCUT2D eigenvalue weighted by atomic mass is 10.1. The highest BCUT2D eigenvalue weighted by Crippen LogP contribution is 2.38. The molecule has 1 N–H and O–H groups in total. The number of fused-ring (bicyclic) bond motifs is 1. The highest BCUT2D eigenvalue weighted by Gasteiger charge is 2.36. The molecule has 7 heteroatoms. The number of nitrogens with one attached hydrogen (secondary N) is 1. The summed E-state index contributed by atoms with van der Waals surface area (Å²) in [6.07, 6.45) is 1.11. The van der Waals surface area contributed by atoms with Crippen LogP contribution in [0.15, 0.2) is 36.4 Å². The Hall–Kier alpha value is -3.22. The van der Waals surface area contributed by atoms with E-state index >= 15 is 0 Å². The van der Waals surface area contributed by atoms with Crippen LogP contribution in [-0.2, 0) is 22.4 Å². The molecule has 0 spiro atoms. The van der Waals surface area contributed by atoms with Crippen LogP contribution >= 0.6 is 0 Å². The molecular weight excluding hydrogens is 372 g/mol. The van der Waals surface area contributed by atoms with Crippen molar-refractivity contribution in [1.82, 2.24) is 5.32 Å². The van der Waals surface area contributed by atoms with Crippen molar-refractivity contribution >= 4 is 17.5 Å². The van der Waals surface area contributed by atoms with Crippen LogP contribution in [0.3, 0.4) is 0 Å². The van der Waals surface area contributed by atoms with Crippen molar-refractivity contribution in [1.29, 1.82) is 0 Å². The fraction of sp³-hybridized carbons (Fsp3) is 0.364. The van der Waals surface area contributed by atoms with Crippen molar-refractivity contribution in [2.45, 2.75) is 25.8 Å². The lowest BCUT2D eigenvalue weighted by Gasteiger charge is -2.23. The van der Waals surface area contributed by atoms with Crippen molar-refractivity contribution in [2.75, 3.05) is 32.8 Å². The van der Waals surface area contributed by atoms with Gasteiger partial charge in [-0.3, -0.25) is 14.5 Å². The SMILES string of the molecule is COc1cc(CCNC(=O)[C@H]2Cc3ccccc3N2C(C)=O)cc(OC)c1OC. The zero-order valence-corrected chi connectivity index (χ0v) is 17.2. The first kappa shape index (κ1) is 20.5. The van der Waals surface area contributed by atoms with Gasteiger partial charge in [0.25, 0.3) is 0 Å². The predicted molar refractivity (Wildman–Crippen MR) is 110 cm³/mol. The first-order chi connectivity index (χ1) is 14.0. The van der Waals surface area contributed by atoms with Gasteiger partial charge in [-0.1, -0.05) is 18.2 Å². The van der Waals surface area contributed by atoms with E-state index in [1.165, 1.54) is 6.92 Å². The highest BCUT2D eigenvalue weighted by molar-refractivity contribution is 6.02. The fourth-order valence-corrected chi connectivity index (χ4v) is 3.71. The highest BCUT2D eigenvalue weighted by atomic mass is 16.5. The second-order valence-corrected chi connectivity index (χ2v) is 6.81. The molecule has 7 nitrogen and oxygen atoms in total. The van der Waals surface area contributed by atoms with E-state index in [9.17, 15) is 9.59 Å². The molecule has 1 heterocycles. The van der Waals surface area contributed by atoms with E-state index in [0.717, 1.165) is 16.8 Å². The molecule has 0 radical (unpaired) electrons. The van der Waals surface area contributed by atoms with E-state index in [4.69, 9.17) is 14.2 Å². The normalized spacial score (nSPS) is 14.9. The van der Waals surface area contributed by atoms with Gasteiger partial charge in [0.2, 0.25) is 17.6 Å². The molecule has 3 rings (SSSR count). The molecule has 0 saturated carbocycles. The zero-order valence-electron chi connectivity index (χ0n) is 17.2. The Morgan fingerprint density at radius 1 is 1.07 bits per heavy atom. The number of methoxy groups -OCH3 is 3. The molecule has 0 saturated heterocycles. The number of anilines is 1. The van der Waals surface area contributed by atoms with E-state index in [-0.39, 0.29) is 11.8 Å². The largest absolute Gasteiger partial charge is 0.493 e. The Labute approximate surface area is 170 Å². The average molecular weight is 398 g/mol. The molecule has 0 fully saturated rings. The number of benzene rings is 2. The molecule has 154 valence electrons. The second kappa shape index (κ2) is 8.86. The summed E-state index contributed by atoms with van der Waals surface area (Å²) >= 11 is 0. The van der Waals surface area contributed by atoms with Gasteiger partial charge in [0.1, 0.15) is 6.04 Å². The third-order valence-corrected chi connectivity index (χ3v) is 5.06. The van der Waals surface area contributed by atoms with E-state index in [2.05, 4.69) is 5.32 Å². The Balaban J connectivity index is 1.67. The first-order valence-corrected chi connectivity index (χ1v) is 9.44. The number of hydrogen-bond donors (Lipinski definition) is 1. The van der Waals surface area contributed by atoms with Gasteiger partial charge >= 0.3 is 0 Å². The van der Waals surface area contributed by atoms with E-state index in [0.29, 0.717) is 36.6 Å². The lowest BCUT2D eigenvalue weighted by molar-refractivity contribution is -0.125. The molecule has 2 amide bonds. The molecule has 0 unspecified atom stereocenters. The van der Waals surface area contributed by atoms with Gasteiger partial charge in [-0.15, -0.1) is 0 Å². The molecule has 0 aromatic heterocycles. The van der Waals surface area contributed by atoms with Gasteiger partial charge in [-0.25, -0.2) is 0 Å². The lowest BCUT2D eigenvalue weighted by Crippen LogP contribution is -2.47. The molecule has 1 aliphatic heterocycles. The fourth-order valence-electron chi connectivity index (χ4n) is 3.71. The Morgan fingerprint density at radius 2 is 1.72 bits per heavy atom. The summed E-state index contributed by atoms with van der Waals surface area (Å²) in [7, 11) is 4.69. The van der Waals surface area contributed by atoms with Gasteiger partial charge in [0.15, 0.2) is 11.5 Å². The number of nitrogens with zero attached hydrogens (tertiary/aromatic N) is 1. The summed E-state index contributed by atoms with van der Waals surface area (Å²) in [6, 6.07) is 10.8. The maximum absolute atomic E-state index is 12.8. The average Bonchev–Trinajstić information content (AvgIpc) is 3.12. The van der Waals surface area contributed by atoms with Crippen LogP contribution < -0.4 is 24.4 Å². The maximum Gasteiger partial charge on any atom is 0.243 e. The minimum absolute atomic E-state index is 0.139. The van der Waals surface area contributed by atoms with Crippen LogP contribution in [0.25, 0.3) is 0 Å². The van der Waals surface area contributed by atoms with Crippen molar-refractivity contribution in [3.8, 4) is 17.2 Å². The Bertz CT molecular complexity index is 887. The zero-order chi connectivity index (χ0) is 21.0. The number of carbonyl (C=O) groups excluding carboxylic acids is 2. The van der Waals surface area contributed by atoms with Crippen LogP contribution in [-0.4, -0.2) is 45.7 Å². The van der Waals surface area contributed by atoms with Crippen LogP contribution in [0, 0.1) is 0 Å². The van der Waals surface area contributed by atoms with Crippen molar-refractivity contribution < 1.29 is 23.8 Å². The third-order valence-electron chi connectivity index (χ3n) is 5.06. The van der Waals surface area contributed by atoms with E-state index < -0.39 is 6.04 Å². The third kappa shape index (κ3) is 4.13. The topological polar surface area (TPSA) is 77.1 Å². The summed E-state index contributed by atoms with van der Waals surface area (Å²) in [5.41, 5.74) is 2.76.